The van der Waals surface area contributed by atoms with Gasteiger partial charge in [0.2, 0.25) is 5.78 Å². The Morgan fingerprint density at radius 1 is 1.06 bits per heavy atom. The predicted molar refractivity (Wildman–Crippen MR) is 74.3 cm³/mol. The van der Waals surface area contributed by atoms with E-state index in [1.807, 2.05) is 18.2 Å². The first-order valence-corrected chi connectivity index (χ1v) is 5.77. The van der Waals surface area contributed by atoms with Crippen LogP contribution in [0.4, 0.5) is 5.69 Å². The molecule has 0 amide bonds. The number of rotatable bonds is 4. The van der Waals surface area contributed by atoms with Gasteiger partial charge in [0.25, 0.3) is 0 Å². The number of hydrogen-bond donors (Lipinski definition) is 1. The van der Waals surface area contributed by atoms with Gasteiger partial charge in [0.1, 0.15) is 0 Å². The quantitative estimate of drug-likeness (QED) is 0.517. The highest BCUT2D eigenvalue weighted by atomic mass is 35.5. The van der Waals surface area contributed by atoms with Gasteiger partial charge in [-0.1, -0.05) is 41.9 Å². The number of nitrogens with one attached hydrogen (secondary N) is 1. The van der Waals surface area contributed by atoms with E-state index in [0.717, 1.165) is 5.69 Å². The minimum Gasteiger partial charge on any atom is -0.287 e. The Labute approximate surface area is 110 Å². The van der Waals surface area contributed by atoms with Crippen LogP contribution < -0.4 is 5.43 Å². The maximum atomic E-state index is 11.7. The maximum absolute atomic E-state index is 11.7. The smallest absolute Gasteiger partial charge is 0.205 e. The molecule has 0 unspecified atom stereocenters. The summed E-state index contributed by atoms with van der Waals surface area (Å²) in [4.78, 5) is 11.7. The van der Waals surface area contributed by atoms with Crippen LogP contribution in [0.25, 0.3) is 0 Å². The molecule has 2 aromatic carbocycles. The van der Waals surface area contributed by atoms with Crippen LogP contribution in [0.2, 0.25) is 5.02 Å². The summed E-state index contributed by atoms with van der Waals surface area (Å²) in [5, 5.41) is 4.54. The number of Topliss-reactive ketones (excluding diaryl/α,β-unsaturated/α-hetero) is 1. The summed E-state index contributed by atoms with van der Waals surface area (Å²) < 4.78 is 0. The molecular weight excluding hydrogens is 248 g/mol. The van der Waals surface area contributed by atoms with Gasteiger partial charge in [-0.2, -0.15) is 5.10 Å². The van der Waals surface area contributed by atoms with Gasteiger partial charge in [-0.25, -0.2) is 0 Å². The van der Waals surface area contributed by atoms with Gasteiger partial charge in [-0.05, 0) is 24.3 Å². The first-order chi connectivity index (χ1) is 8.75. The number of nitrogens with zero attached hydrogens (tertiary/aromatic N) is 1. The Morgan fingerprint density at radius 3 is 2.39 bits per heavy atom. The molecule has 0 aromatic heterocycles. The van der Waals surface area contributed by atoms with Crippen LogP contribution in [0.3, 0.4) is 0 Å². The van der Waals surface area contributed by atoms with Gasteiger partial charge in [-0.15, -0.1) is 0 Å². The van der Waals surface area contributed by atoms with E-state index in [-0.39, 0.29) is 5.78 Å². The highest BCUT2D eigenvalue weighted by Crippen LogP contribution is 2.13. The SMILES string of the molecule is O=C(C=NNc1ccc(Cl)cc1)c1ccccc1. The third kappa shape index (κ3) is 3.43. The molecule has 0 saturated carbocycles. The molecule has 0 atom stereocenters. The maximum Gasteiger partial charge on any atom is 0.205 e. The first kappa shape index (κ1) is 12.3. The van der Waals surface area contributed by atoms with Crippen LogP contribution >= 0.6 is 11.6 Å². The summed E-state index contributed by atoms with van der Waals surface area (Å²) in [5.41, 5.74) is 4.15. The second-order valence-corrected chi connectivity index (χ2v) is 4.04. The molecule has 0 aliphatic rings. The lowest BCUT2D eigenvalue weighted by molar-refractivity contribution is 0.107. The minimum absolute atomic E-state index is 0.142. The van der Waals surface area contributed by atoms with E-state index in [0.29, 0.717) is 10.6 Å². The fraction of sp³-hybridized carbons (Fsp3) is 0. The van der Waals surface area contributed by atoms with Crippen molar-refractivity contribution in [2.24, 2.45) is 5.10 Å². The van der Waals surface area contributed by atoms with E-state index in [2.05, 4.69) is 10.5 Å². The van der Waals surface area contributed by atoms with Gasteiger partial charge >= 0.3 is 0 Å². The average Bonchev–Trinajstić information content (AvgIpc) is 2.42. The normalized spacial score (nSPS) is 10.5. The number of benzene rings is 2. The molecule has 0 bridgehead atoms. The molecular formula is C14H11ClN2O. The van der Waals surface area contributed by atoms with Gasteiger partial charge in [0, 0.05) is 10.6 Å². The summed E-state index contributed by atoms with van der Waals surface area (Å²) in [6.45, 7) is 0. The van der Waals surface area contributed by atoms with Crippen LogP contribution in [0.1, 0.15) is 10.4 Å². The van der Waals surface area contributed by atoms with Crippen molar-refractivity contribution in [3.05, 3.63) is 65.2 Å². The number of hydrogen-bond acceptors (Lipinski definition) is 3. The summed E-state index contributed by atoms with van der Waals surface area (Å²) >= 11 is 5.76. The molecule has 18 heavy (non-hydrogen) atoms. The van der Waals surface area contributed by atoms with Crippen molar-refractivity contribution in [3.63, 3.8) is 0 Å². The van der Waals surface area contributed by atoms with Crippen molar-refractivity contribution in [2.45, 2.75) is 0 Å². The van der Waals surface area contributed by atoms with Crippen LogP contribution in [-0.4, -0.2) is 12.0 Å². The van der Waals surface area contributed by atoms with Crippen molar-refractivity contribution in [1.29, 1.82) is 0 Å². The van der Waals surface area contributed by atoms with E-state index < -0.39 is 0 Å². The van der Waals surface area contributed by atoms with Crippen LogP contribution in [0.15, 0.2) is 59.7 Å². The molecule has 90 valence electrons. The zero-order valence-electron chi connectivity index (χ0n) is 9.51. The lowest BCUT2D eigenvalue weighted by atomic mass is 10.1. The predicted octanol–water partition coefficient (Wildman–Crippen LogP) is 3.62. The Hall–Kier alpha value is -2.13. The van der Waals surface area contributed by atoms with Gasteiger partial charge in [-0.3, -0.25) is 10.2 Å². The molecule has 0 aliphatic heterocycles. The number of carbonyl (C=O) groups excluding carboxylic acids is 1. The molecule has 0 aliphatic carbocycles. The summed E-state index contributed by atoms with van der Waals surface area (Å²) in [6.07, 6.45) is 1.25. The Bertz CT molecular complexity index is 550. The van der Waals surface area contributed by atoms with Crippen molar-refractivity contribution in [2.75, 3.05) is 5.43 Å². The number of ketones is 1. The zero-order valence-corrected chi connectivity index (χ0v) is 10.3. The topological polar surface area (TPSA) is 41.5 Å². The van der Waals surface area contributed by atoms with E-state index in [1.54, 1.807) is 36.4 Å². The van der Waals surface area contributed by atoms with E-state index >= 15 is 0 Å². The second kappa shape index (κ2) is 5.98. The highest BCUT2D eigenvalue weighted by molar-refractivity contribution is 6.35. The summed E-state index contributed by atoms with van der Waals surface area (Å²) in [7, 11) is 0. The van der Waals surface area contributed by atoms with E-state index in [9.17, 15) is 4.79 Å². The number of anilines is 1. The number of halogens is 1. The fourth-order valence-corrected chi connectivity index (χ4v) is 1.49. The molecule has 2 aromatic rings. The Kier molecular flexibility index (Phi) is 4.10. The van der Waals surface area contributed by atoms with E-state index in [4.69, 9.17) is 11.6 Å². The van der Waals surface area contributed by atoms with Crippen molar-refractivity contribution < 1.29 is 4.79 Å². The number of hydrazone groups is 1. The molecule has 4 heteroatoms. The molecule has 2 rings (SSSR count). The third-order valence-electron chi connectivity index (χ3n) is 2.28. The molecule has 0 radical (unpaired) electrons. The molecule has 0 heterocycles. The fourth-order valence-electron chi connectivity index (χ4n) is 1.37. The molecule has 0 saturated heterocycles. The summed E-state index contributed by atoms with van der Waals surface area (Å²) in [5.74, 6) is -0.142. The van der Waals surface area contributed by atoms with Crippen LogP contribution in [-0.2, 0) is 0 Å². The largest absolute Gasteiger partial charge is 0.287 e. The third-order valence-corrected chi connectivity index (χ3v) is 2.53. The lowest BCUT2D eigenvalue weighted by Crippen LogP contribution is -2.01. The molecule has 0 fully saturated rings. The lowest BCUT2D eigenvalue weighted by Gasteiger charge is -1.99. The van der Waals surface area contributed by atoms with Gasteiger partial charge < -0.3 is 0 Å². The Balaban J connectivity index is 1.96. The second-order valence-electron chi connectivity index (χ2n) is 3.61. The van der Waals surface area contributed by atoms with Crippen molar-refractivity contribution >= 4 is 29.3 Å². The molecule has 1 N–H and O–H groups in total. The molecule has 0 spiro atoms. The van der Waals surface area contributed by atoms with Gasteiger partial charge in [0.05, 0.1) is 11.9 Å². The van der Waals surface area contributed by atoms with Gasteiger partial charge in [0.15, 0.2) is 0 Å². The summed E-state index contributed by atoms with van der Waals surface area (Å²) in [6, 6.07) is 16.0. The molecule has 3 nitrogen and oxygen atoms in total. The van der Waals surface area contributed by atoms with E-state index in [1.165, 1.54) is 6.21 Å². The first-order valence-electron chi connectivity index (χ1n) is 5.40. The Morgan fingerprint density at radius 2 is 1.72 bits per heavy atom. The zero-order chi connectivity index (χ0) is 12.8. The standard InChI is InChI=1S/C14H11ClN2O/c15-12-6-8-13(9-7-12)17-16-10-14(18)11-4-2-1-3-5-11/h1-10,17H. The monoisotopic (exact) mass is 258 g/mol. The van der Waals surface area contributed by atoms with Crippen LogP contribution in [0, 0.1) is 0 Å². The minimum atomic E-state index is -0.142. The van der Waals surface area contributed by atoms with Crippen molar-refractivity contribution in [1.82, 2.24) is 0 Å². The van der Waals surface area contributed by atoms with Crippen LogP contribution in [0.5, 0.6) is 0 Å². The van der Waals surface area contributed by atoms with Crippen molar-refractivity contribution in [3.8, 4) is 0 Å². The number of carbonyl (C=O) groups is 1. The highest BCUT2D eigenvalue weighted by Gasteiger charge is 1.99. The average molecular weight is 259 g/mol.